The molecule has 6 heteroatoms. The van der Waals surface area contributed by atoms with E-state index in [9.17, 15) is 18.3 Å². The van der Waals surface area contributed by atoms with Crippen molar-refractivity contribution in [2.24, 2.45) is 11.7 Å². The van der Waals surface area contributed by atoms with Crippen LogP contribution in [0.4, 0.5) is 13.2 Å². The average molecular weight is 277 g/mol. The number of rotatable bonds is 4. The van der Waals surface area contributed by atoms with Crippen molar-refractivity contribution in [1.29, 1.82) is 0 Å². The first-order chi connectivity index (χ1) is 8.35. The molecule has 1 fully saturated rings. The Bertz CT molecular complexity index is 432. The van der Waals surface area contributed by atoms with Gasteiger partial charge in [0.25, 0.3) is 0 Å². The number of hydrogen-bond acceptors (Lipinski definition) is 3. The molecule has 0 bridgehead atoms. The zero-order valence-corrected chi connectivity index (χ0v) is 10.4. The lowest BCUT2D eigenvalue weighted by Crippen LogP contribution is -2.11. The first kappa shape index (κ1) is 13.5. The van der Waals surface area contributed by atoms with E-state index in [1.54, 1.807) is 0 Å². The van der Waals surface area contributed by atoms with Crippen LogP contribution in [0, 0.1) is 5.92 Å². The van der Waals surface area contributed by atoms with E-state index in [0.717, 1.165) is 12.8 Å². The molecule has 1 aliphatic rings. The largest absolute Gasteiger partial charge is 0.508 e. The first-order valence-corrected chi connectivity index (χ1v) is 6.51. The van der Waals surface area contributed by atoms with Crippen molar-refractivity contribution >= 4 is 11.8 Å². The number of aromatic hydroxyl groups is 1. The van der Waals surface area contributed by atoms with Gasteiger partial charge >= 0.3 is 5.51 Å². The van der Waals surface area contributed by atoms with Gasteiger partial charge in [-0.05, 0) is 42.3 Å². The number of alkyl halides is 3. The molecular formula is C12H14F3NOS. The fraction of sp³-hybridized carbons (Fsp3) is 0.500. The molecule has 2 nitrogen and oxygen atoms in total. The van der Waals surface area contributed by atoms with Crippen molar-refractivity contribution < 1.29 is 18.3 Å². The second-order valence-electron chi connectivity index (χ2n) is 4.55. The molecule has 1 aromatic carbocycles. The Balaban J connectivity index is 2.14. The fourth-order valence-corrected chi connectivity index (χ4v) is 2.46. The molecule has 2 rings (SSSR count). The summed E-state index contributed by atoms with van der Waals surface area (Å²) in [6, 6.07) is 3.46. The average Bonchev–Trinajstić information content (AvgIpc) is 3.02. The molecule has 0 spiro atoms. The second-order valence-corrected chi connectivity index (χ2v) is 5.69. The van der Waals surface area contributed by atoms with Gasteiger partial charge in [0, 0.05) is 16.5 Å². The summed E-state index contributed by atoms with van der Waals surface area (Å²) in [5.41, 5.74) is 1.99. The Hall–Kier alpha value is -0.880. The third kappa shape index (κ3) is 3.81. The molecule has 1 aromatic rings. The minimum absolute atomic E-state index is 0.0327. The highest BCUT2D eigenvalue weighted by Crippen LogP contribution is 2.41. The van der Waals surface area contributed by atoms with E-state index in [-0.39, 0.29) is 22.4 Å². The lowest BCUT2D eigenvalue weighted by atomic mass is 10.0. The highest BCUT2D eigenvalue weighted by Gasteiger charge is 2.30. The number of phenolic OH excluding ortho intramolecular Hbond substituents is 1. The monoisotopic (exact) mass is 277 g/mol. The van der Waals surface area contributed by atoms with E-state index >= 15 is 0 Å². The molecule has 0 unspecified atom stereocenters. The predicted molar refractivity (Wildman–Crippen MR) is 64.3 cm³/mol. The van der Waals surface area contributed by atoms with Crippen molar-refractivity contribution in [3.63, 3.8) is 0 Å². The molecule has 18 heavy (non-hydrogen) atoms. The van der Waals surface area contributed by atoms with Gasteiger partial charge in [-0.25, -0.2) is 0 Å². The van der Waals surface area contributed by atoms with Crippen molar-refractivity contribution in [1.82, 2.24) is 0 Å². The number of halogens is 3. The molecule has 3 N–H and O–H groups in total. The highest BCUT2D eigenvalue weighted by atomic mass is 32.2. The zero-order chi connectivity index (χ0) is 13.3. The molecule has 1 aliphatic carbocycles. The van der Waals surface area contributed by atoms with Crippen LogP contribution in [0.25, 0.3) is 0 Å². The lowest BCUT2D eigenvalue weighted by Gasteiger charge is -2.15. The predicted octanol–water partition coefficient (Wildman–Crippen LogP) is 3.80. The summed E-state index contributed by atoms with van der Waals surface area (Å²) in [6.07, 6.45) is 2.95. The summed E-state index contributed by atoms with van der Waals surface area (Å²) in [5, 5.41) is 9.67. The van der Waals surface area contributed by atoms with Crippen LogP contribution in [0.2, 0.25) is 0 Å². The standard InChI is InChI=1S/C12H14F3NOS/c13-12(14,15)18-8-3-4-11(17)9(6-8)10(16)5-7-1-2-7/h3-4,6-7,10,17H,1-2,5,16H2/t10-/m1/s1. The normalized spacial score (nSPS) is 17.8. The van der Waals surface area contributed by atoms with E-state index in [4.69, 9.17) is 5.73 Å². The molecule has 0 aromatic heterocycles. The fourth-order valence-electron chi connectivity index (χ4n) is 1.87. The van der Waals surface area contributed by atoms with Crippen molar-refractivity contribution in [3.05, 3.63) is 23.8 Å². The summed E-state index contributed by atoms with van der Waals surface area (Å²) in [6.45, 7) is 0. The number of thioether (sulfide) groups is 1. The molecule has 0 aliphatic heterocycles. The SMILES string of the molecule is N[C@H](CC1CC1)c1cc(SC(F)(F)F)ccc1O. The Morgan fingerprint density at radius 1 is 1.39 bits per heavy atom. The third-order valence-corrected chi connectivity index (χ3v) is 3.64. The molecule has 0 saturated heterocycles. The van der Waals surface area contributed by atoms with Gasteiger partial charge in [-0.1, -0.05) is 12.8 Å². The Labute approximate surface area is 107 Å². The molecule has 1 atom stereocenters. The Kier molecular flexibility index (Phi) is 3.77. The van der Waals surface area contributed by atoms with Crippen LogP contribution in [0.5, 0.6) is 5.75 Å². The second kappa shape index (κ2) is 5.01. The van der Waals surface area contributed by atoms with Gasteiger partial charge in [-0.15, -0.1) is 0 Å². The van der Waals surface area contributed by atoms with Crippen LogP contribution in [-0.4, -0.2) is 10.6 Å². The number of phenols is 1. The van der Waals surface area contributed by atoms with Gasteiger partial charge in [0.15, 0.2) is 0 Å². The maximum atomic E-state index is 12.3. The third-order valence-electron chi connectivity index (χ3n) is 2.92. The van der Waals surface area contributed by atoms with Crippen molar-refractivity contribution in [2.45, 2.75) is 35.7 Å². The summed E-state index contributed by atoms with van der Waals surface area (Å²) in [4.78, 5) is 0.0570. The zero-order valence-electron chi connectivity index (χ0n) is 9.57. The summed E-state index contributed by atoms with van der Waals surface area (Å²) in [5.74, 6) is 0.521. The number of nitrogens with two attached hydrogens (primary N) is 1. The van der Waals surface area contributed by atoms with Crippen LogP contribution in [0.3, 0.4) is 0 Å². The molecule has 0 amide bonds. The van der Waals surface area contributed by atoms with Crippen LogP contribution < -0.4 is 5.73 Å². The van der Waals surface area contributed by atoms with E-state index < -0.39 is 11.6 Å². The molecular weight excluding hydrogens is 263 g/mol. The van der Waals surface area contributed by atoms with Gasteiger partial charge in [0.1, 0.15) is 5.75 Å². The molecule has 0 radical (unpaired) electrons. The Morgan fingerprint density at radius 3 is 2.61 bits per heavy atom. The lowest BCUT2D eigenvalue weighted by molar-refractivity contribution is -0.0328. The van der Waals surface area contributed by atoms with E-state index in [2.05, 4.69) is 0 Å². The summed E-state index contributed by atoms with van der Waals surface area (Å²) >= 11 is -0.191. The van der Waals surface area contributed by atoms with E-state index in [0.29, 0.717) is 17.9 Å². The molecule has 0 heterocycles. The molecule has 1 saturated carbocycles. The topological polar surface area (TPSA) is 46.2 Å². The summed E-state index contributed by atoms with van der Waals surface area (Å²) in [7, 11) is 0. The van der Waals surface area contributed by atoms with Crippen molar-refractivity contribution in [2.75, 3.05) is 0 Å². The van der Waals surface area contributed by atoms with Crippen LogP contribution >= 0.6 is 11.8 Å². The van der Waals surface area contributed by atoms with Gasteiger partial charge in [0.05, 0.1) is 0 Å². The minimum atomic E-state index is -4.32. The minimum Gasteiger partial charge on any atom is -0.508 e. The maximum absolute atomic E-state index is 12.3. The summed E-state index contributed by atoms with van der Waals surface area (Å²) < 4.78 is 36.8. The van der Waals surface area contributed by atoms with E-state index in [1.807, 2.05) is 0 Å². The van der Waals surface area contributed by atoms with Gasteiger partial charge in [-0.3, -0.25) is 0 Å². The molecule has 100 valence electrons. The van der Waals surface area contributed by atoms with Crippen LogP contribution in [0.1, 0.15) is 30.9 Å². The highest BCUT2D eigenvalue weighted by molar-refractivity contribution is 8.00. The quantitative estimate of drug-likeness (QED) is 0.823. The van der Waals surface area contributed by atoms with Crippen LogP contribution in [-0.2, 0) is 0 Å². The van der Waals surface area contributed by atoms with Gasteiger partial charge in [0.2, 0.25) is 0 Å². The Morgan fingerprint density at radius 2 is 2.06 bits per heavy atom. The smallest absolute Gasteiger partial charge is 0.446 e. The first-order valence-electron chi connectivity index (χ1n) is 5.69. The van der Waals surface area contributed by atoms with Crippen molar-refractivity contribution in [3.8, 4) is 5.75 Å². The van der Waals surface area contributed by atoms with Gasteiger partial charge in [-0.2, -0.15) is 13.2 Å². The number of hydrogen-bond donors (Lipinski definition) is 2. The van der Waals surface area contributed by atoms with Crippen LogP contribution in [0.15, 0.2) is 23.1 Å². The number of benzene rings is 1. The van der Waals surface area contributed by atoms with E-state index in [1.165, 1.54) is 18.2 Å². The maximum Gasteiger partial charge on any atom is 0.446 e. The van der Waals surface area contributed by atoms with Gasteiger partial charge < -0.3 is 10.8 Å².